The topological polar surface area (TPSA) is 30.5 Å². The zero-order valence-electron chi connectivity index (χ0n) is 8.63. The second-order valence-corrected chi connectivity index (χ2v) is 4.38. The molecule has 1 aliphatic rings. The Balaban J connectivity index is 2.07. The molecule has 1 heterocycles. The first kappa shape index (κ1) is 10.8. The van der Waals surface area contributed by atoms with Gasteiger partial charge in [-0.2, -0.15) is 0 Å². The molecule has 0 radical (unpaired) electrons. The van der Waals surface area contributed by atoms with E-state index >= 15 is 0 Å². The summed E-state index contributed by atoms with van der Waals surface area (Å²) in [6.45, 7) is 1.97. The Kier molecular flexibility index (Phi) is 3.49. The molecule has 1 aliphatic heterocycles. The molecule has 15 heavy (non-hydrogen) atoms. The second-order valence-electron chi connectivity index (χ2n) is 3.53. The minimum Gasteiger partial charge on any atom is -0.497 e. The van der Waals surface area contributed by atoms with Crippen LogP contribution in [0.5, 0.6) is 11.5 Å². The van der Waals surface area contributed by atoms with E-state index in [0.29, 0.717) is 0 Å². The van der Waals surface area contributed by atoms with E-state index < -0.39 is 0 Å². The molecule has 0 bridgehead atoms. The highest BCUT2D eigenvalue weighted by atomic mass is 79.9. The van der Waals surface area contributed by atoms with Crippen LogP contribution in [0.2, 0.25) is 0 Å². The molecule has 0 amide bonds. The predicted molar refractivity (Wildman–Crippen MR) is 62.6 cm³/mol. The van der Waals surface area contributed by atoms with Crippen molar-refractivity contribution in [3.63, 3.8) is 0 Å². The molecule has 2 rings (SSSR count). The minimum atomic E-state index is 0.287. The van der Waals surface area contributed by atoms with E-state index in [2.05, 4.69) is 21.2 Å². The van der Waals surface area contributed by atoms with Crippen LogP contribution in [0.15, 0.2) is 22.7 Å². The van der Waals surface area contributed by atoms with E-state index in [1.165, 1.54) is 0 Å². The Bertz CT molecular complexity index is 337. The van der Waals surface area contributed by atoms with Crippen LogP contribution in [0.1, 0.15) is 6.42 Å². The number of hydrogen-bond acceptors (Lipinski definition) is 3. The van der Waals surface area contributed by atoms with Gasteiger partial charge < -0.3 is 14.8 Å². The molecule has 0 aliphatic carbocycles. The standard InChI is InChI=1S/C11H14BrNO2/c1-14-8-2-3-11(10(12)6-8)15-9-4-5-13-7-9/h2-3,6,9,13H,4-5,7H2,1H3/t9-/m1/s1. The van der Waals surface area contributed by atoms with Crippen molar-refractivity contribution in [2.75, 3.05) is 20.2 Å². The zero-order chi connectivity index (χ0) is 10.7. The third-order valence-corrected chi connectivity index (χ3v) is 3.07. The van der Waals surface area contributed by atoms with E-state index in [0.717, 1.165) is 35.5 Å². The molecule has 0 unspecified atom stereocenters. The Morgan fingerprint density at radius 1 is 1.47 bits per heavy atom. The fraction of sp³-hybridized carbons (Fsp3) is 0.455. The maximum absolute atomic E-state index is 5.84. The number of ether oxygens (including phenoxy) is 2. The maximum Gasteiger partial charge on any atom is 0.134 e. The predicted octanol–water partition coefficient (Wildman–Crippen LogP) is 2.20. The molecule has 1 N–H and O–H groups in total. The van der Waals surface area contributed by atoms with Gasteiger partial charge in [0.25, 0.3) is 0 Å². The van der Waals surface area contributed by atoms with Gasteiger partial charge in [0.05, 0.1) is 11.6 Å². The summed E-state index contributed by atoms with van der Waals surface area (Å²) in [5.74, 6) is 1.71. The first-order valence-electron chi connectivity index (χ1n) is 5.00. The molecule has 1 atom stereocenters. The smallest absolute Gasteiger partial charge is 0.134 e. The van der Waals surface area contributed by atoms with Crippen LogP contribution >= 0.6 is 15.9 Å². The maximum atomic E-state index is 5.84. The van der Waals surface area contributed by atoms with E-state index in [1.54, 1.807) is 7.11 Å². The van der Waals surface area contributed by atoms with Crippen molar-refractivity contribution < 1.29 is 9.47 Å². The first-order chi connectivity index (χ1) is 7.29. The highest BCUT2D eigenvalue weighted by molar-refractivity contribution is 9.10. The zero-order valence-corrected chi connectivity index (χ0v) is 10.2. The molecule has 1 saturated heterocycles. The van der Waals surface area contributed by atoms with Crippen LogP contribution in [0.3, 0.4) is 0 Å². The van der Waals surface area contributed by atoms with Gasteiger partial charge in [-0.1, -0.05) is 0 Å². The van der Waals surface area contributed by atoms with Gasteiger partial charge >= 0.3 is 0 Å². The number of methoxy groups -OCH3 is 1. The molecule has 0 saturated carbocycles. The largest absolute Gasteiger partial charge is 0.497 e. The number of benzene rings is 1. The average molecular weight is 272 g/mol. The van der Waals surface area contributed by atoms with Crippen LogP contribution in [0.25, 0.3) is 0 Å². The summed E-state index contributed by atoms with van der Waals surface area (Å²) in [6.07, 6.45) is 1.35. The molecule has 3 nitrogen and oxygen atoms in total. The van der Waals surface area contributed by atoms with Crippen molar-refractivity contribution in [2.45, 2.75) is 12.5 Å². The number of rotatable bonds is 3. The summed E-state index contributed by atoms with van der Waals surface area (Å²) >= 11 is 3.47. The number of hydrogen-bond donors (Lipinski definition) is 1. The van der Waals surface area contributed by atoms with Crippen molar-refractivity contribution in [2.24, 2.45) is 0 Å². The third kappa shape index (κ3) is 2.63. The summed E-state index contributed by atoms with van der Waals surface area (Å²) in [7, 11) is 1.66. The van der Waals surface area contributed by atoms with Gasteiger partial charge in [-0.05, 0) is 47.1 Å². The van der Waals surface area contributed by atoms with Gasteiger partial charge in [0, 0.05) is 6.54 Å². The van der Waals surface area contributed by atoms with Crippen molar-refractivity contribution in [3.05, 3.63) is 22.7 Å². The monoisotopic (exact) mass is 271 g/mol. The van der Waals surface area contributed by atoms with Crippen LogP contribution in [0, 0.1) is 0 Å². The van der Waals surface area contributed by atoms with Crippen LogP contribution in [0.4, 0.5) is 0 Å². The molecule has 82 valence electrons. The second kappa shape index (κ2) is 4.86. The molecule has 1 fully saturated rings. The fourth-order valence-electron chi connectivity index (χ4n) is 1.61. The minimum absolute atomic E-state index is 0.287. The van der Waals surface area contributed by atoms with Gasteiger partial charge in [0.2, 0.25) is 0 Å². The molecule has 0 aromatic heterocycles. The average Bonchev–Trinajstić information content (AvgIpc) is 2.74. The van der Waals surface area contributed by atoms with Gasteiger partial charge in [0.15, 0.2) is 0 Å². The van der Waals surface area contributed by atoms with Gasteiger partial charge in [-0.3, -0.25) is 0 Å². The molecule has 4 heteroatoms. The molecule has 1 aromatic carbocycles. The summed E-state index contributed by atoms with van der Waals surface area (Å²) in [6, 6.07) is 5.75. The van der Waals surface area contributed by atoms with E-state index in [4.69, 9.17) is 9.47 Å². The lowest BCUT2D eigenvalue weighted by molar-refractivity contribution is 0.221. The Hall–Kier alpha value is -0.740. The van der Waals surface area contributed by atoms with Crippen molar-refractivity contribution in [1.82, 2.24) is 5.32 Å². The molecular formula is C11H14BrNO2. The summed E-state index contributed by atoms with van der Waals surface area (Å²) in [5.41, 5.74) is 0. The molecule has 1 aromatic rings. The molecule has 0 spiro atoms. The Morgan fingerprint density at radius 3 is 2.93 bits per heavy atom. The SMILES string of the molecule is COc1ccc(O[C@@H]2CCNC2)c(Br)c1. The highest BCUT2D eigenvalue weighted by Gasteiger charge is 2.17. The Morgan fingerprint density at radius 2 is 2.33 bits per heavy atom. The third-order valence-electron chi connectivity index (χ3n) is 2.45. The van der Waals surface area contributed by atoms with E-state index in [9.17, 15) is 0 Å². The van der Waals surface area contributed by atoms with E-state index in [1.807, 2.05) is 18.2 Å². The highest BCUT2D eigenvalue weighted by Crippen LogP contribution is 2.30. The number of nitrogens with one attached hydrogen (secondary N) is 1. The van der Waals surface area contributed by atoms with Gasteiger partial charge in [0.1, 0.15) is 17.6 Å². The fourth-order valence-corrected chi connectivity index (χ4v) is 2.06. The summed E-state index contributed by atoms with van der Waals surface area (Å²) in [5, 5.41) is 3.27. The summed E-state index contributed by atoms with van der Waals surface area (Å²) < 4.78 is 11.9. The van der Waals surface area contributed by atoms with E-state index in [-0.39, 0.29) is 6.10 Å². The van der Waals surface area contributed by atoms with Crippen molar-refractivity contribution in [3.8, 4) is 11.5 Å². The normalized spacial score (nSPS) is 20.3. The van der Waals surface area contributed by atoms with Crippen LogP contribution in [-0.2, 0) is 0 Å². The van der Waals surface area contributed by atoms with Crippen LogP contribution in [-0.4, -0.2) is 26.3 Å². The summed E-state index contributed by atoms with van der Waals surface area (Å²) in [4.78, 5) is 0. The van der Waals surface area contributed by atoms with Crippen molar-refractivity contribution >= 4 is 15.9 Å². The molecular weight excluding hydrogens is 258 g/mol. The Labute approximate surface area is 97.9 Å². The lowest BCUT2D eigenvalue weighted by Gasteiger charge is -2.14. The van der Waals surface area contributed by atoms with Gasteiger partial charge in [-0.15, -0.1) is 0 Å². The lowest BCUT2D eigenvalue weighted by Crippen LogP contribution is -2.19. The van der Waals surface area contributed by atoms with Crippen LogP contribution < -0.4 is 14.8 Å². The van der Waals surface area contributed by atoms with Crippen molar-refractivity contribution in [1.29, 1.82) is 0 Å². The quantitative estimate of drug-likeness (QED) is 0.915. The lowest BCUT2D eigenvalue weighted by atomic mass is 10.3. The number of halogens is 1. The van der Waals surface area contributed by atoms with Gasteiger partial charge in [-0.25, -0.2) is 0 Å². The first-order valence-corrected chi connectivity index (χ1v) is 5.80.